The van der Waals surface area contributed by atoms with Crippen molar-refractivity contribution in [3.63, 3.8) is 0 Å². The molecule has 0 unspecified atom stereocenters. The van der Waals surface area contributed by atoms with Crippen LogP contribution in [0.1, 0.15) is 11.1 Å². The number of aryl methyl sites for hydroxylation is 1. The van der Waals surface area contributed by atoms with Gasteiger partial charge in [0.1, 0.15) is 5.75 Å². The van der Waals surface area contributed by atoms with Gasteiger partial charge in [-0.15, -0.1) is 0 Å². The Kier molecular flexibility index (Phi) is 7.15. The van der Waals surface area contributed by atoms with Gasteiger partial charge >= 0.3 is 0 Å². The summed E-state index contributed by atoms with van der Waals surface area (Å²) in [6.45, 7) is 2.08. The maximum absolute atomic E-state index is 10.4. The van der Waals surface area contributed by atoms with E-state index in [2.05, 4.69) is 19.1 Å². The second-order valence-electron chi connectivity index (χ2n) is 4.07. The lowest BCUT2D eigenvalue weighted by Gasteiger charge is -1.98. The molecule has 0 aliphatic carbocycles. The summed E-state index contributed by atoms with van der Waals surface area (Å²) in [5, 5.41) is -0.476. The monoisotopic (exact) mass is 288 g/mol. The number of carbonyl (C=O) groups is 1. The first-order chi connectivity index (χ1) is 9.61. The third-order valence-corrected chi connectivity index (χ3v) is 2.59. The summed E-state index contributed by atoms with van der Waals surface area (Å²) >= 11 is 5.14. The molecule has 3 heteroatoms. The number of benzene rings is 2. The van der Waals surface area contributed by atoms with E-state index in [9.17, 15) is 4.79 Å². The molecule has 2 aromatic rings. The van der Waals surface area contributed by atoms with Gasteiger partial charge < -0.3 is 4.74 Å². The lowest BCUT2D eigenvalue weighted by atomic mass is 10.2. The number of halogens is 1. The van der Waals surface area contributed by atoms with Crippen molar-refractivity contribution in [3.8, 4) is 5.75 Å². The first kappa shape index (κ1) is 16.0. The van der Waals surface area contributed by atoms with Gasteiger partial charge in [0.2, 0.25) is 5.24 Å². The van der Waals surface area contributed by atoms with Crippen LogP contribution in [0, 0.1) is 6.92 Å². The zero-order valence-corrected chi connectivity index (χ0v) is 12.3. The van der Waals surface area contributed by atoms with Gasteiger partial charge in [-0.05, 0) is 42.3 Å². The predicted molar refractivity (Wildman–Crippen MR) is 84.1 cm³/mol. The van der Waals surface area contributed by atoms with Gasteiger partial charge in [-0.2, -0.15) is 0 Å². The fraction of sp³-hybridized carbons (Fsp3) is 0.118. The number of rotatable bonds is 3. The van der Waals surface area contributed by atoms with Crippen molar-refractivity contribution >= 4 is 22.9 Å². The summed E-state index contributed by atoms with van der Waals surface area (Å²) in [5.41, 5.74) is 2.23. The molecule has 0 aliphatic heterocycles. The molecule has 0 saturated heterocycles. The quantitative estimate of drug-likeness (QED) is 0.615. The van der Waals surface area contributed by atoms with Crippen molar-refractivity contribution in [3.05, 3.63) is 71.8 Å². The molecule has 0 N–H and O–H groups in total. The van der Waals surface area contributed by atoms with Crippen molar-refractivity contribution in [1.82, 2.24) is 0 Å². The van der Waals surface area contributed by atoms with Crippen molar-refractivity contribution in [2.45, 2.75) is 6.92 Å². The molecule has 2 nitrogen and oxygen atoms in total. The van der Waals surface area contributed by atoms with E-state index < -0.39 is 5.24 Å². The summed E-state index contributed by atoms with van der Waals surface area (Å²) in [6, 6.07) is 17.6. The molecule has 2 rings (SSSR count). The summed E-state index contributed by atoms with van der Waals surface area (Å²) in [6.07, 6.45) is 2.96. The lowest BCUT2D eigenvalue weighted by molar-refractivity contribution is -0.107. The van der Waals surface area contributed by atoms with E-state index in [4.69, 9.17) is 16.3 Å². The van der Waals surface area contributed by atoms with Gasteiger partial charge in [-0.3, -0.25) is 4.79 Å². The highest BCUT2D eigenvalue weighted by Gasteiger charge is 1.90. The van der Waals surface area contributed by atoms with Crippen LogP contribution in [-0.4, -0.2) is 12.4 Å². The lowest BCUT2D eigenvalue weighted by Crippen LogP contribution is -1.82. The largest absolute Gasteiger partial charge is 0.497 e. The first-order valence-corrected chi connectivity index (χ1v) is 6.53. The van der Waals surface area contributed by atoms with Gasteiger partial charge in [-0.25, -0.2) is 0 Å². The molecule has 20 heavy (non-hydrogen) atoms. The maximum Gasteiger partial charge on any atom is 0.245 e. The zero-order chi connectivity index (χ0) is 14.8. The molecular formula is C17H17ClO2. The molecule has 0 aliphatic rings. The number of ether oxygens (including phenoxy) is 1. The van der Waals surface area contributed by atoms with E-state index in [1.54, 1.807) is 13.2 Å². The van der Waals surface area contributed by atoms with E-state index in [-0.39, 0.29) is 0 Å². The van der Waals surface area contributed by atoms with E-state index in [0.29, 0.717) is 0 Å². The normalized spacial score (nSPS) is 9.75. The Bertz CT molecular complexity index is 545. The van der Waals surface area contributed by atoms with Crippen LogP contribution in [0.25, 0.3) is 6.08 Å². The average molecular weight is 289 g/mol. The van der Waals surface area contributed by atoms with E-state index in [1.807, 2.05) is 42.5 Å². The molecule has 104 valence electrons. The number of methoxy groups -OCH3 is 1. The standard InChI is InChI=1S/C10H9ClO2.C7H8/c1-13-9-5-2-8(3-6-9)4-7-10(11)12;1-7-5-3-2-4-6-7/h2-7H,1H3;2-6H,1H3. The highest BCUT2D eigenvalue weighted by atomic mass is 35.5. The van der Waals surface area contributed by atoms with Crippen LogP contribution in [0.3, 0.4) is 0 Å². The van der Waals surface area contributed by atoms with Crippen molar-refractivity contribution in [1.29, 1.82) is 0 Å². The van der Waals surface area contributed by atoms with Crippen LogP contribution >= 0.6 is 11.6 Å². The third kappa shape index (κ3) is 6.76. The Morgan fingerprint density at radius 1 is 1.05 bits per heavy atom. The molecule has 0 heterocycles. The summed E-state index contributed by atoms with van der Waals surface area (Å²) in [4.78, 5) is 10.4. The van der Waals surface area contributed by atoms with Crippen LogP contribution in [-0.2, 0) is 4.79 Å². The number of hydrogen-bond acceptors (Lipinski definition) is 2. The van der Waals surface area contributed by atoms with Gasteiger partial charge in [0.15, 0.2) is 0 Å². The minimum Gasteiger partial charge on any atom is -0.497 e. The molecule has 2 aromatic carbocycles. The van der Waals surface area contributed by atoms with Crippen LogP contribution in [0.5, 0.6) is 5.75 Å². The molecule has 0 saturated carbocycles. The van der Waals surface area contributed by atoms with Crippen LogP contribution < -0.4 is 4.74 Å². The molecule has 0 atom stereocenters. The van der Waals surface area contributed by atoms with E-state index in [0.717, 1.165) is 11.3 Å². The fourth-order valence-corrected chi connectivity index (χ4v) is 1.47. The minimum atomic E-state index is -0.476. The fourth-order valence-electron chi connectivity index (χ4n) is 1.41. The topological polar surface area (TPSA) is 26.3 Å². The number of carbonyl (C=O) groups excluding carboxylic acids is 1. The number of allylic oxidation sites excluding steroid dienone is 1. The Morgan fingerprint density at radius 3 is 2.05 bits per heavy atom. The Labute approximate surface area is 124 Å². The third-order valence-electron chi connectivity index (χ3n) is 2.46. The SMILES string of the molecule is COc1ccc(C=CC(=O)Cl)cc1.Cc1ccccc1. The van der Waals surface area contributed by atoms with Gasteiger partial charge in [0.25, 0.3) is 0 Å². The van der Waals surface area contributed by atoms with Crippen LogP contribution in [0.2, 0.25) is 0 Å². The predicted octanol–water partition coefficient (Wildman–Crippen LogP) is 4.47. The smallest absolute Gasteiger partial charge is 0.245 e. The van der Waals surface area contributed by atoms with E-state index >= 15 is 0 Å². The Balaban J connectivity index is 0.000000240. The molecule has 0 radical (unpaired) electrons. The van der Waals surface area contributed by atoms with Crippen molar-refractivity contribution in [2.75, 3.05) is 7.11 Å². The summed E-state index contributed by atoms with van der Waals surface area (Å²) < 4.78 is 4.98. The van der Waals surface area contributed by atoms with Gasteiger partial charge in [0.05, 0.1) is 7.11 Å². The average Bonchev–Trinajstić information content (AvgIpc) is 2.47. The number of hydrogen-bond donors (Lipinski definition) is 0. The molecule has 0 amide bonds. The van der Waals surface area contributed by atoms with Crippen molar-refractivity contribution < 1.29 is 9.53 Å². The molecular weight excluding hydrogens is 272 g/mol. The summed E-state index contributed by atoms with van der Waals surface area (Å²) in [7, 11) is 1.60. The van der Waals surface area contributed by atoms with Crippen LogP contribution in [0.4, 0.5) is 0 Å². The maximum atomic E-state index is 10.4. The van der Waals surface area contributed by atoms with Gasteiger partial charge in [0, 0.05) is 0 Å². The second-order valence-corrected chi connectivity index (χ2v) is 4.44. The molecule has 0 bridgehead atoms. The summed E-state index contributed by atoms with van der Waals surface area (Å²) in [5.74, 6) is 0.786. The highest BCUT2D eigenvalue weighted by Crippen LogP contribution is 2.12. The minimum absolute atomic E-state index is 0.476. The van der Waals surface area contributed by atoms with E-state index in [1.165, 1.54) is 11.6 Å². The Morgan fingerprint density at radius 2 is 1.65 bits per heavy atom. The molecule has 0 spiro atoms. The first-order valence-electron chi connectivity index (χ1n) is 6.15. The molecule has 0 fully saturated rings. The second kappa shape index (κ2) is 8.94. The zero-order valence-electron chi connectivity index (χ0n) is 11.5. The van der Waals surface area contributed by atoms with Crippen LogP contribution in [0.15, 0.2) is 60.7 Å². The Hall–Kier alpha value is -2.06. The highest BCUT2D eigenvalue weighted by molar-refractivity contribution is 6.66. The van der Waals surface area contributed by atoms with Gasteiger partial charge in [-0.1, -0.05) is 54.1 Å². The van der Waals surface area contributed by atoms with Crippen molar-refractivity contribution in [2.24, 2.45) is 0 Å². The molecule has 0 aromatic heterocycles.